The molecular formula is C23H23NO6. The van der Waals surface area contributed by atoms with Crippen molar-refractivity contribution in [1.82, 2.24) is 0 Å². The molecule has 1 aliphatic rings. The number of carbonyl (C=O) groups excluding carboxylic acids is 4. The number of ether oxygens (including phenoxy) is 2. The summed E-state index contributed by atoms with van der Waals surface area (Å²) in [6, 6.07) is 11.8. The standard InChI is InChI=1S/C23H23NO6/c1-3-29-23(28)11-9-19(25)17-8-10-21-18(12-17)24(22(27)14-30-21)13-20(26)16-6-4-15(2)5-7-16/h4-8,10,12H,3,9,11,13-14H2,1-2H3. The summed E-state index contributed by atoms with van der Waals surface area (Å²) in [5, 5.41) is 0. The third kappa shape index (κ3) is 4.92. The lowest BCUT2D eigenvalue weighted by Gasteiger charge is -2.29. The van der Waals surface area contributed by atoms with Gasteiger partial charge in [0.25, 0.3) is 5.91 Å². The van der Waals surface area contributed by atoms with Gasteiger partial charge in [0, 0.05) is 17.5 Å². The van der Waals surface area contributed by atoms with Gasteiger partial charge >= 0.3 is 5.97 Å². The van der Waals surface area contributed by atoms with E-state index in [1.165, 1.54) is 11.0 Å². The van der Waals surface area contributed by atoms with E-state index in [0.717, 1.165) is 5.56 Å². The molecular weight excluding hydrogens is 386 g/mol. The third-order valence-electron chi connectivity index (χ3n) is 4.76. The minimum Gasteiger partial charge on any atom is -0.482 e. The Bertz CT molecular complexity index is 980. The first-order chi connectivity index (χ1) is 14.4. The van der Waals surface area contributed by atoms with Crippen molar-refractivity contribution in [1.29, 1.82) is 0 Å². The molecule has 1 heterocycles. The zero-order valence-electron chi connectivity index (χ0n) is 17.0. The molecule has 7 nitrogen and oxygen atoms in total. The van der Waals surface area contributed by atoms with Crippen LogP contribution in [0, 0.1) is 6.92 Å². The van der Waals surface area contributed by atoms with Crippen LogP contribution in [0.4, 0.5) is 5.69 Å². The monoisotopic (exact) mass is 409 g/mol. The van der Waals surface area contributed by atoms with E-state index in [1.807, 2.05) is 19.1 Å². The molecule has 0 bridgehead atoms. The van der Waals surface area contributed by atoms with Crippen LogP contribution < -0.4 is 9.64 Å². The van der Waals surface area contributed by atoms with Gasteiger partial charge in [-0.05, 0) is 32.0 Å². The molecule has 156 valence electrons. The van der Waals surface area contributed by atoms with Crippen LogP contribution in [-0.2, 0) is 14.3 Å². The Morgan fingerprint density at radius 1 is 1.00 bits per heavy atom. The van der Waals surface area contributed by atoms with Gasteiger partial charge in [-0.1, -0.05) is 29.8 Å². The third-order valence-corrected chi connectivity index (χ3v) is 4.76. The van der Waals surface area contributed by atoms with Gasteiger partial charge in [-0.2, -0.15) is 0 Å². The summed E-state index contributed by atoms with van der Waals surface area (Å²) < 4.78 is 10.3. The molecule has 0 spiro atoms. The lowest BCUT2D eigenvalue weighted by Crippen LogP contribution is -2.42. The molecule has 0 saturated heterocycles. The maximum absolute atomic E-state index is 12.7. The lowest BCUT2D eigenvalue weighted by molar-refractivity contribution is -0.143. The minimum absolute atomic E-state index is 0.00524. The number of nitrogens with zero attached hydrogens (tertiary/aromatic N) is 1. The van der Waals surface area contributed by atoms with E-state index in [9.17, 15) is 19.2 Å². The number of ketones is 2. The number of hydrogen-bond donors (Lipinski definition) is 0. The first-order valence-electron chi connectivity index (χ1n) is 9.75. The molecule has 1 amide bonds. The first kappa shape index (κ1) is 21.2. The van der Waals surface area contributed by atoms with Crippen molar-refractivity contribution in [3.05, 3.63) is 59.2 Å². The molecule has 0 N–H and O–H groups in total. The Morgan fingerprint density at radius 2 is 1.70 bits per heavy atom. The Kier molecular flexibility index (Phi) is 6.61. The molecule has 0 fully saturated rings. The number of rotatable bonds is 8. The second-order valence-corrected chi connectivity index (χ2v) is 6.97. The number of Topliss-reactive ketones (excluding diaryl/α,β-unsaturated/α-hetero) is 2. The van der Waals surface area contributed by atoms with Gasteiger partial charge in [0.15, 0.2) is 18.2 Å². The highest BCUT2D eigenvalue weighted by molar-refractivity contribution is 6.08. The van der Waals surface area contributed by atoms with E-state index in [-0.39, 0.29) is 50.1 Å². The summed E-state index contributed by atoms with van der Waals surface area (Å²) in [7, 11) is 0. The van der Waals surface area contributed by atoms with Crippen LogP contribution in [0.15, 0.2) is 42.5 Å². The predicted molar refractivity (Wildman–Crippen MR) is 110 cm³/mol. The number of fused-ring (bicyclic) bond motifs is 1. The Balaban J connectivity index is 1.79. The molecule has 7 heteroatoms. The molecule has 2 aromatic carbocycles. The molecule has 1 aliphatic heterocycles. The van der Waals surface area contributed by atoms with Crippen molar-refractivity contribution in [2.24, 2.45) is 0 Å². The average molecular weight is 409 g/mol. The summed E-state index contributed by atoms with van der Waals surface area (Å²) in [6.07, 6.45) is -0.0243. The highest BCUT2D eigenvalue weighted by Gasteiger charge is 2.28. The van der Waals surface area contributed by atoms with Gasteiger partial charge in [0.2, 0.25) is 0 Å². The van der Waals surface area contributed by atoms with Crippen molar-refractivity contribution in [2.75, 3.05) is 24.7 Å². The van der Waals surface area contributed by atoms with Crippen LogP contribution in [0.2, 0.25) is 0 Å². The van der Waals surface area contributed by atoms with E-state index in [4.69, 9.17) is 9.47 Å². The normalized spacial score (nSPS) is 12.7. The number of benzene rings is 2. The summed E-state index contributed by atoms with van der Waals surface area (Å²) in [5.74, 6) is -0.844. The lowest BCUT2D eigenvalue weighted by atomic mass is 10.0. The topological polar surface area (TPSA) is 90.0 Å². The molecule has 0 radical (unpaired) electrons. The van der Waals surface area contributed by atoms with Gasteiger partial charge in [-0.15, -0.1) is 0 Å². The summed E-state index contributed by atoms with van der Waals surface area (Å²) >= 11 is 0. The number of carbonyl (C=O) groups is 4. The van der Waals surface area contributed by atoms with Crippen LogP contribution in [0.3, 0.4) is 0 Å². The highest BCUT2D eigenvalue weighted by Crippen LogP contribution is 2.33. The van der Waals surface area contributed by atoms with Crippen LogP contribution >= 0.6 is 0 Å². The van der Waals surface area contributed by atoms with Crippen molar-refractivity contribution in [3.63, 3.8) is 0 Å². The van der Waals surface area contributed by atoms with E-state index in [1.54, 1.807) is 31.2 Å². The van der Waals surface area contributed by atoms with Crippen molar-refractivity contribution in [2.45, 2.75) is 26.7 Å². The van der Waals surface area contributed by atoms with Gasteiger partial charge in [0.1, 0.15) is 5.75 Å². The van der Waals surface area contributed by atoms with Crippen molar-refractivity contribution in [3.8, 4) is 5.75 Å². The largest absolute Gasteiger partial charge is 0.482 e. The van der Waals surface area contributed by atoms with Gasteiger partial charge in [-0.3, -0.25) is 24.1 Å². The van der Waals surface area contributed by atoms with Gasteiger partial charge in [-0.25, -0.2) is 0 Å². The summed E-state index contributed by atoms with van der Waals surface area (Å²) in [4.78, 5) is 50.5. The molecule has 3 rings (SSSR count). The van der Waals surface area contributed by atoms with E-state index < -0.39 is 5.97 Å². The Hall–Kier alpha value is -3.48. The fourth-order valence-electron chi connectivity index (χ4n) is 3.12. The average Bonchev–Trinajstić information content (AvgIpc) is 2.74. The molecule has 0 atom stereocenters. The SMILES string of the molecule is CCOC(=O)CCC(=O)c1ccc2c(c1)N(CC(=O)c1ccc(C)cc1)C(=O)CO2. The van der Waals surface area contributed by atoms with Crippen LogP contribution in [0.5, 0.6) is 5.75 Å². The van der Waals surface area contributed by atoms with Crippen LogP contribution in [0.25, 0.3) is 0 Å². The highest BCUT2D eigenvalue weighted by atomic mass is 16.5. The van der Waals surface area contributed by atoms with Crippen molar-refractivity contribution >= 4 is 29.1 Å². The summed E-state index contributed by atoms with van der Waals surface area (Å²) in [6.45, 7) is 3.56. The molecule has 2 aromatic rings. The number of hydrogen-bond acceptors (Lipinski definition) is 6. The van der Waals surface area contributed by atoms with Gasteiger partial charge < -0.3 is 9.47 Å². The van der Waals surface area contributed by atoms with Gasteiger partial charge in [0.05, 0.1) is 25.3 Å². The predicted octanol–water partition coefficient (Wildman–Crippen LogP) is 3.13. The molecule has 0 unspecified atom stereocenters. The molecule has 0 aromatic heterocycles. The van der Waals surface area contributed by atoms with E-state index in [2.05, 4.69) is 0 Å². The second-order valence-electron chi connectivity index (χ2n) is 6.97. The first-order valence-corrected chi connectivity index (χ1v) is 9.75. The van der Waals surface area contributed by atoms with E-state index >= 15 is 0 Å². The van der Waals surface area contributed by atoms with Crippen molar-refractivity contribution < 1.29 is 28.7 Å². The molecule has 0 saturated carbocycles. The maximum atomic E-state index is 12.7. The second kappa shape index (κ2) is 9.35. The van der Waals surface area contributed by atoms with Crippen LogP contribution in [-0.4, -0.2) is 43.2 Å². The zero-order chi connectivity index (χ0) is 21.7. The van der Waals surface area contributed by atoms with E-state index in [0.29, 0.717) is 22.6 Å². The Labute approximate surface area is 174 Å². The maximum Gasteiger partial charge on any atom is 0.306 e. The fourth-order valence-corrected chi connectivity index (χ4v) is 3.12. The summed E-state index contributed by atoms with van der Waals surface area (Å²) in [5.41, 5.74) is 2.24. The number of amides is 1. The molecule has 30 heavy (non-hydrogen) atoms. The number of aryl methyl sites for hydroxylation is 1. The zero-order valence-corrected chi connectivity index (χ0v) is 17.0. The van der Waals surface area contributed by atoms with Crippen LogP contribution in [0.1, 0.15) is 46.0 Å². The Morgan fingerprint density at radius 3 is 2.40 bits per heavy atom. The number of esters is 1. The fraction of sp³-hybridized carbons (Fsp3) is 0.304. The minimum atomic E-state index is -0.437. The molecule has 0 aliphatic carbocycles. The smallest absolute Gasteiger partial charge is 0.306 e. The number of anilines is 1. The quantitative estimate of drug-likeness (QED) is 0.492.